The van der Waals surface area contributed by atoms with Gasteiger partial charge < -0.3 is 4.90 Å². The quantitative estimate of drug-likeness (QED) is 0.793. The first-order valence-electron chi connectivity index (χ1n) is 4.28. The molecule has 1 aromatic heterocycles. The van der Waals surface area contributed by atoms with Crippen molar-refractivity contribution in [3.63, 3.8) is 0 Å². The van der Waals surface area contributed by atoms with Crippen LogP contribution >= 0.6 is 15.9 Å². The predicted molar refractivity (Wildman–Crippen MR) is 58.8 cm³/mol. The van der Waals surface area contributed by atoms with Crippen LogP contribution in [0, 0.1) is 13.8 Å². The Morgan fingerprint density at radius 2 is 1.92 bits per heavy atom. The average Bonchev–Trinajstić information content (AvgIpc) is 1.99. The highest BCUT2D eigenvalue weighted by atomic mass is 79.9. The zero-order valence-electron chi connectivity index (χ0n) is 8.56. The van der Waals surface area contributed by atoms with Gasteiger partial charge in [-0.1, -0.05) is 0 Å². The van der Waals surface area contributed by atoms with Gasteiger partial charge in [0.2, 0.25) is 0 Å². The number of aromatic nitrogens is 1. The summed E-state index contributed by atoms with van der Waals surface area (Å²) in [5, 5.41) is 0. The normalized spacial score (nSPS) is 10.9. The molecular formula is C10H15BrN2. The number of hydrogen-bond donors (Lipinski definition) is 0. The molecule has 1 heterocycles. The molecule has 0 bridgehead atoms. The van der Waals surface area contributed by atoms with E-state index in [1.807, 2.05) is 6.92 Å². The summed E-state index contributed by atoms with van der Waals surface area (Å²) in [4.78, 5) is 6.60. The fourth-order valence-corrected chi connectivity index (χ4v) is 1.60. The number of nitrogens with zero attached hydrogens (tertiary/aromatic N) is 2. The maximum Gasteiger partial charge on any atom is 0.0517 e. The molecule has 0 spiro atoms. The van der Waals surface area contributed by atoms with Gasteiger partial charge in [0.25, 0.3) is 0 Å². The molecule has 1 rings (SSSR count). The third kappa shape index (κ3) is 2.78. The van der Waals surface area contributed by atoms with E-state index in [1.54, 1.807) is 0 Å². The lowest BCUT2D eigenvalue weighted by Crippen LogP contribution is -2.12. The smallest absolute Gasteiger partial charge is 0.0517 e. The Bertz CT molecular complexity index is 308. The predicted octanol–water partition coefficient (Wildman–Crippen LogP) is 2.52. The van der Waals surface area contributed by atoms with Crippen molar-refractivity contribution in [2.45, 2.75) is 20.4 Å². The van der Waals surface area contributed by atoms with Crippen molar-refractivity contribution in [1.29, 1.82) is 0 Å². The van der Waals surface area contributed by atoms with Crippen LogP contribution in [0.4, 0.5) is 0 Å². The number of aryl methyl sites for hydroxylation is 2. The number of halogens is 1. The standard InChI is InChI=1S/C10H15BrN2/c1-7-9(6-13(3)4)5-10(11)8(2)12-7/h5H,6H2,1-4H3. The Labute approximate surface area is 88.1 Å². The van der Waals surface area contributed by atoms with Gasteiger partial charge in [0.1, 0.15) is 0 Å². The minimum absolute atomic E-state index is 0.942. The molecule has 0 aliphatic rings. The van der Waals surface area contributed by atoms with Gasteiger partial charge in [0.15, 0.2) is 0 Å². The lowest BCUT2D eigenvalue weighted by Gasteiger charge is -2.12. The molecule has 0 amide bonds. The molecular weight excluding hydrogens is 228 g/mol. The first-order chi connectivity index (χ1) is 6.00. The van der Waals surface area contributed by atoms with Gasteiger partial charge in [-0.05, 0) is 55.5 Å². The minimum atomic E-state index is 0.942. The number of rotatable bonds is 2. The molecule has 0 aliphatic carbocycles. The van der Waals surface area contributed by atoms with E-state index in [4.69, 9.17) is 0 Å². The Kier molecular flexibility index (Phi) is 3.45. The molecule has 0 atom stereocenters. The molecule has 0 unspecified atom stereocenters. The number of hydrogen-bond acceptors (Lipinski definition) is 2. The minimum Gasteiger partial charge on any atom is -0.305 e. The molecule has 0 saturated heterocycles. The van der Waals surface area contributed by atoms with E-state index in [0.717, 1.165) is 22.4 Å². The third-order valence-corrected chi connectivity index (χ3v) is 2.74. The molecule has 72 valence electrons. The molecule has 3 heteroatoms. The maximum absolute atomic E-state index is 4.45. The van der Waals surface area contributed by atoms with Crippen molar-refractivity contribution < 1.29 is 0 Å². The molecule has 0 aliphatic heterocycles. The van der Waals surface area contributed by atoms with Crippen LogP contribution in [0.2, 0.25) is 0 Å². The van der Waals surface area contributed by atoms with Gasteiger partial charge in [-0.2, -0.15) is 0 Å². The second-order valence-electron chi connectivity index (χ2n) is 3.54. The van der Waals surface area contributed by atoms with Gasteiger partial charge >= 0.3 is 0 Å². The van der Waals surface area contributed by atoms with Crippen molar-refractivity contribution >= 4 is 15.9 Å². The Morgan fingerprint density at radius 1 is 1.31 bits per heavy atom. The summed E-state index contributed by atoms with van der Waals surface area (Å²) < 4.78 is 1.09. The Hall–Kier alpha value is -0.410. The molecule has 0 aromatic carbocycles. The summed E-state index contributed by atoms with van der Waals surface area (Å²) in [5.41, 5.74) is 3.46. The highest BCUT2D eigenvalue weighted by molar-refractivity contribution is 9.10. The van der Waals surface area contributed by atoms with Crippen molar-refractivity contribution in [3.05, 3.63) is 27.5 Å². The molecule has 1 aromatic rings. The van der Waals surface area contributed by atoms with Crippen molar-refractivity contribution in [2.75, 3.05) is 14.1 Å². The summed E-state index contributed by atoms with van der Waals surface area (Å²) in [7, 11) is 4.13. The van der Waals surface area contributed by atoms with E-state index < -0.39 is 0 Å². The lowest BCUT2D eigenvalue weighted by molar-refractivity contribution is 0.400. The fraction of sp³-hybridized carbons (Fsp3) is 0.500. The summed E-state index contributed by atoms with van der Waals surface area (Å²) in [6, 6.07) is 2.15. The summed E-state index contributed by atoms with van der Waals surface area (Å²) in [6.07, 6.45) is 0. The van der Waals surface area contributed by atoms with Crippen molar-refractivity contribution in [1.82, 2.24) is 9.88 Å². The molecule has 0 N–H and O–H groups in total. The third-order valence-electron chi connectivity index (χ3n) is 1.93. The second kappa shape index (κ2) is 4.20. The molecule has 13 heavy (non-hydrogen) atoms. The van der Waals surface area contributed by atoms with Crippen LogP contribution in [0.3, 0.4) is 0 Å². The van der Waals surface area contributed by atoms with Crippen LogP contribution in [0.25, 0.3) is 0 Å². The van der Waals surface area contributed by atoms with Crippen LogP contribution in [-0.4, -0.2) is 24.0 Å². The monoisotopic (exact) mass is 242 g/mol. The highest BCUT2D eigenvalue weighted by Gasteiger charge is 2.04. The van der Waals surface area contributed by atoms with Gasteiger partial charge in [0.05, 0.1) is 5.69 Å². The summed E-state index contributed by atoms with van der Waals surface area (Å²) >= 11 is 3.49. The van der Waals surface area contributed by atoms with E-state index in [9.17, 15) is 0 Å². The van der Waals surface area contributed by atoms with E-state index in [-0.39, 0.29) is 0 Å². The van der Waals surface area contributed by atoms with Crippen molar-refractivity contribution in [3.8, 4) is 0 Å². The largest absolute Gasteiger partial charge is 0.305 e. The van der Waals surface area contributed by atoms with Crippen LogP contribution in [0.1, 0.15) is 17.0 Å². The van der Waals surface area contributed by atoms with Crippen LogP contribution in [0.15, 0.2) is 10.5 Å². The molecule has 0 saturated carbocycles. The zero-order valence-corrected chi connectivity index (χ0v) is 10.1. The summed E-state index contributed by atoms with van der Waals surface area (Å²) in [6.45, 7) is 5.01. The molecule has 2 nitrogen and oxygen atoms in total. The van der Waals surface area contributed by atoms with Crippen LogP contribution in [0.5, 0.6) is 0 Å². The van der Waals surface area contributed by atoms with Gasteiger partial charge in [-0.15, -0.1) is 0 Å². The zero-order chi connectivity index (χ0) is 10.0. The summed E-state index contributed by atoms with van der Waals surface area (Å²) in [5.74, 6) is 0. The fourth-order valence-electron chi connectivity index (χ4n) is 1.24. The first-order valence-corrected chi connectivity index (χ1v) is 5.07. The first kappa shape index (κ1) is 10.7. The maximum atomic E-state index is 4.45. The Balaban J connectivity index is 3.01. The van der Waals surface area contributed by atoms with Crippen molar-refractivity contribution in [2.24, 2.45) is 0 Å². The molecule has 0 radical (unpaired) electrons. The Morgan fingerprint density at radius 3 is 2.46 bits per heavy atom. The van der Waals surface area contributed by atoms with E-state index in [1.165, 1.54) is 5.56 Å². The van der Waals surface area contributed by atoms with Gasteiger partial charge in [0, 0.05) is 16.7 Å². The average molecular weight is 243 g/mol. The van der Waals surface area contributed by atoms with Gasteiger partial charge in [-0.3, -0.25) is 4.98 Å². The van der Waals surface area contributed by atoms with Crippen LogP contribution in [-0.2, 0) is 6.54 Å². The second-order valence-corrected chi connectivity index (χ2v) is 4.39. The van der Waals surface area contributed by atoms with E-state index in [2.05, 4.69) is 52.9 Å². The number of pyridine rings is 1. The molecule has 0 fully saturated rings. The topological polar surface area (TPSA) is 16.1 Å². The van der Waals surface area contributed by atoms with Crippen LogP contribution < -0.4 is 0 Å². The van der Waals surface area contributed by atoms with E-state index in [0.29, 0.717) is 0 Å². The van der Waals surface area contributed by atoms with Gasteiger partial charge in [-0.25, -0.2) is 0 Å². The lowest BCUT2D eigenvalue weighted by atomic mass is 10.2. The SMILES string of the molecule is Cc1nc(C)c(CN(C)C)cc1Br. The highest BCUT2D eigenvalue weighted by Crippen LogP contribution is 2.18. The van der Waals surface area contributed by atoms with E-state index >= 15 is 0 Å².